The molecular formula is C51H78BiN3O3Si3. The van der Waals surface area contributed by atoms with Crippen LogP contribution >= 0.6 is 0 Å². The van der Waals surface area contributed by atoms with Crippen LogP contribution in [0.15, 0.2) is 91.4 Å². The van der Waals surface area contributed by atoms with Gasteiger partial charge in [-0.15, -0.1) is 0 Å². The van der Waals surface area contributed by atoms with Crippen molar-refractivity contribution in [3.05, 3.63) is 91.4 Å². The van der Waals surface area contributed by atoms with Gasteiger partial charge >= 0.3 is 383 Å². The van der Waals surface area contributed by atoms with Gasteiger partial charge in [0, 0.05) is 0 Å². The summed E-state index contributed by atoms with van der Waals surface area (Å²) in [4.78, 5) is 0. The van der Waals surface area contributed by atoms with Gasteiger partial charge < -0.3 is 0 Å². The van der Waals surface area contributed by atoms with E-state index in [1.807, 2.05) is 0 Å². The molecule has 3 aromatic heterocycles. The van der Waals surface area contributed by atoms with Gasteiger partial charge in [0.1, 0.15) is 0 Å². The number of aryl methyl sites for hydroxylation is 3. The van der Waals surface area contributed by atoms with E-state index in [1.54, 1.807) is 0 Å². The monoisotopic (exact) mass is 1070 g/mol. The molecule has 0 aliphatic rings. The maximum absolute atomic E-state index is 6.53. The van der Waals surface area contributed by atoms with Crippen molar-refractivity contribution in [3.63, 3.8) is 0 Å². The number of hydrogen-bond acceptors (Lipinski definition) is 3. The topological polar surface area (TPSA) is 42.5 Å². The Morgan fingerprint density at radius 3 is 0.918 bits per heavy atom. The third-order valence-corrected chi connectivity index (χ3v) is 37.4. The van der Waals surface area contributed by atoms with Crippen LogP contribution in [0.5, 0.6) is 0 Å². The molecule has 0 bridgehead atoms. The Labute approximate surface area is 380 Å². The standard InChI is InChI=1S/3C17H26NOSi.Bi/c3*1-17(2,3)20(4,5)19-14-8-12-18-13-11-15-9-6-7-10-16(15)18;/h3*7,9-11,13H,8,12,14H2,1-5H3;. The van der Waals surface area contributed by atoms with Gasteiger partial charge in [-0.2, -0.15) is 0 Å². The van der Waals surface area contributed by atoms with Gasteiger partial charge in [0.15, 0.2) is 0 Å². The van der Waals surface area contributed by atoms with Crippen molar-refractivity contribution in [2.24, 2.45) is 0 Å². The van der Waals surface area contributed by atoms with Gasteiger partial charge in [-0.25, -0.2) is 0 Å². The molecule has 3 heterocycles. The van der Waals surface area contributed by atoms with Crippen molar-refractivity contribution >= 4 is 89.2 Å². The molecule has 6 aromatic rings. The molecule has 10 heteroatoms. The van der Waals surface area contributed by atoms with E-state index in [0.29, 0.717) is 0 Å². The van der Waals surface area contributed by atoms with Crippen LogP contribution in [0.3, 0.4) is 0 Å². The SMILES string of the molecule is CC(C)(C)[Si](C)(C)OCCCn1ccc2c[c]([Bi]([c]3ccc4c(ccn4CCCO[Si](C)(C)C(C)(C)C)c3)[c]3ccc4c(ccn4CCCO[Si](C)(C)C(C)(C)C)c3)ccc21. The second kappa shape index (κ2) is 18.7. The number of benzene rings is 3. The zero-order valence-corrected chi connectivity index (χ0v) is 47.0. The van der Waals surface area contributed by atoms with Crippen LogP contribution in [-0.2, 0) is 32.9 Å². The van der Waals surface area contributed by atoms with Gasteiger partial charge in [-0.05, 0) is 0 Å². The maximum atomic E-state index is 6.53. The van der Waals surface area contributed by atoms with E-state index in [4.69, 9.17) is 13.3 Å². The first-order valence-electron chi connectivity index (χ1n) is 22.9. The van der Waals surface area contributed by atoms with E-state index in [-0.39, 0.29) is 15.1 Å². The average Bonchev–Trinajstić information content (AvgIpc) is 3.89. The Hall–Kier alpha value is -2.31. The van der Waals surface area contributed by atoms with Gasteiger partial charge in [-0.3, -0.25) is 0 Å². The van der Waals surface area contributed by atoms with Crippen LogP contribution in [0, 0.1) is 0 Å². The van der Waals surface area contributed by atoms with E-state index in [9.17, 15) is 0 Å². The van der Waals surface area contributed by atoms with E-state index in [0.717, 1.165) is 58.7 Å². The van der Waals surface area contributed by atoms with Crippen LogP contribution in [0.4, 0.5) is 0 Å². The molecule has 61 heavy (non-hydrogen) atoms. The second-order valence-corrected chi connectivity index (χ2v) is 45.0. The summed E-state index contributed by atoms with van der Waals surface area (Å²) in [6.07, 6.45) is 9.90. The Bertz CT molecular complexity index is 2140. The fourth-order valence-electron chi connectivity index (χ4n) is 7.35. The number of aromatic nitrogens is 3. The van der Waals surface area contributed by atoms with Crippen LogP contribution in [0.2, 0.25) is 54.4 Å². The van der Waals surface area contributed by atoms with Gasteiger partial charge in [0.2, 0.25) is 0 Å². The molecule has 6 nitrogen and oxygen atoms in total. The molecule has 0 saturated heterocycles. The van der Waals surface area contributed by atoms with E-state index in [1.165, 1.54) is 42.5 Å². The molecule has 0 aliphatic heterocycles. The molecule has 0 unspecified atom stereocenters. The Morgan fingerprint density at radius 1 is 0.410 bits per heavy atom. The zero-order valence-electron chi connectivity index (χ0n) is 40.5. The molecule has 0 N–H and O–H groups in total. The first-order chi connectivity index (χ1) is 28.4. The molecular weight excluding hydrogens is 996 g/mol. The summed E-state index contributed by atoms with van der Waals surface area (Å²) in [6.45, 7) is 40.3. The Balaban J connectivity index is 1.26. The molecule has 6 rings (SSSR count). The molecule has 332 valence electrons. The van der Waals surface area contributed by atoms with Crippen molar-refractivity contribution in [1.29, 1.82) is 0 Å². The fourth-order valence-corrected chi connectivity index (χ4v) is 19.8. The minimum absolute atomic E-state index is 0.231. The molecule has 0 amide bonds. The number of hydrogen-bond donors (Lipinski definition) is 0. The summed E-state index contributed by atoms with van der Waals surface area (Å²) < 4.78 is 31.4. The average molecular weight is 1070 g/mol. The molecule has 0 fully saturated rings. The molecule has 0 atom stereocenters. The summed E-state index contributed by atoms with van der Waals surface area (Å²) in [5.74, 6) is 0. The van der Waals surface area contributed by atoms with Crippen LogP contribution < -0.4 is 9.81 Å². The van der Waals surface area contributed by atoms with Crippen molar-refractivity contribution in [2.45, 2.75) is 156 Å². The molecule has 0 aliphatic carbocycles. The van der Waals surface area contributed by atoms with Gasteiger partial charge in [-0.1, -0.05) is 0 Å². The first-order valence-corrected chi connectivity index (χ1v) is 36.8. The quantitative estimate of drug-likeness (QED) is 0.0636. The minimum atomic E-state index is -2.78. The Morgan fingerprint density at radius 2 is 0.672 bits per heavy atom. The predicted molar refractivity (Wildman–Crippen MR) is 274 cm³/mol. The van der Waals surface area contributed by atoms with Gasteiger partial charge in [0.05, 0.1) is 0 Å². The van der Waals surface area contributed by atoms with Crippen LogP contribution in [-0.4, -0.2) is 80.2 Å². The molecule has 0 radical (unpaired) electrons. The summed E-state index contributed by atoms with van der Waals surface area (Å²) in [6, 6.07) is 29.1. The summed E-state index contributed by atoms with van der Waals surface area (Å²) in [7, 11) is -5.25. The summed E-state index contributed by atoms with van der Waals surface area (Å²) in [5, 5.41) is 4.70. The summed E-state index contributed by atoms with van der Waals surface area (Å²) in [5.41, 5.74) is 3.94. The molecule has 0 saturated carbocycles. The van der Waals surface area contributed by atoms with Crippen molar-refractivity contribution < 1.29 is 13.3 Å². The third kappa shape index (κ3) is 11.1. The van der Waals surface area contributed by atoms with Crippen LogP contribution in [0.25, 0.3) is 32.7 Å². The van der Waals surface area contributed by atoms with E-state index < -0.39 is 46.7 Å². The zero-order chi connectivity index (χ0) is 44.6. The van der Waals surface area contributed by atoms with E-state index in [2.05, 4.69) is 207 Å². The van der Waals surface area contributed by atoms with E-state index >= 15 is 0 Å². The fraction of sp³-hybridized carbons (Fsp3) is 0.529. The summed E-state index contributed by atoms with van der Waals surface area (Å²) >= 11 is -2.78. The van der Waals surface area contributed by atoms with Crippen molar-refractivity contribution in [1.82, 2.24) is 13.7 Å². The first kappa shape index (κ1) is 48.2. The third-order valence-electron chi connectivity index (χ3n) is 14.5. The molecule has 3 aromatic carbocycles. The van der Waals surface area contributed by atoms with Crippen molar-refractivity contribution in [3.8, 4) is 0 Å². The van der Waals surface area contributed by atoms with Crippen LogP contribution in [0.1, 0.15) is 81.6 Å². The van der Waals surface area contributed by atoms with Crippen molar-refractivity contribution in [2.75, 3.05) is 19.8 Å². The Kier molecular flexibility index (Phi) is 14.7. The van der Waals surface area contributed by atoms with Gasteiger partial charge in [0.25, 0.3) is 0 Å². The number of fused-ring (bicyclic) bond motifs is 3. The second-order valence-electron chi connectivity index (χ2n) is 22.0. The normalized spacial score (nSPS) is 13.8. The predicted octanol–water partition coefficient (Wildman–Crippen LogP) is 12.3. The number of nitrogens with zero attached hydrogens (tertiary/aromatic N) is 3. The molecule has 0 spiro atoms. The number of rotatable bonds is 18.